The van der Waals surface area contributed by atoms with E-state index in [1.54, 1.807) is 13.2 Å². The van der Waals surface area contributed by atoms with Crippen molar-refractivity contribution in [2.75, 3.05) is 14.2 Å². The Bertz CT molecular complexity index is 395. The molecule has 1 unspecified atom stereocenters. The monoisotopic (exact) mass is 273 g/mol. The summed E-state index contributed by atoms with van der Waals surface area (Å²) in [6, 6.07) is 5.04. The van der Waals surface area contributed by atoms with E-state index in [2.05, 4.69) is 5.32 Å². The lowest BCUT2D eigenvalue weighted by Gasteiger charge is -2.26. The van der Waals surface area contributed by atoms with Gasteiger partial charge in [-0.2, -0.15) is 0 Å². The molecule has 0 saturated carbocycles. The summed E-state index contributed by atoms with van der Waals surface area (Å²) in [6.07, 6.45) is 1.76. The Morgan fingerprint density at radius 1 is 1.44 bits per heavy atom. The lowest BCUT2D eigenvalue weighted by molar-refractivity contribution is 0.0118. The van der Waals surface area contributed by atoms with Crippen LogP contribution >= 0.6 is 11.6 Å². The minimum atomic E-state index is -0.375. The summed E-state index contributed by atoms with van der Waals surface area (Å²) in [4.78, 5) is 0. The lowest BCUT2D eigenvalue weighted by atomic mass is 9.95. The van der Waals surface area contributed by atoms with E-state index in [0.29, 0.717) is 0 Å². The maximum Gasteiger partial charge on any atom is 0.142 e. The number of halogens is 2. The second-order valence-corrected chi connectivity index (χ2v) is 5.42. The highest BCUT2D eigenvalue weighted by atomic mass is 35.5. The van der Waals surface area contributed by atoms with Crippen molar-refractivity contribution in [1.29, 1.82) is 0 Å². The van der Waals surface area contributed by atoms with Crippen molar-refractivity contribution in [1.82, 2.24) is 5.32 Å². The molecule has 1 aromatic rings. The van der Waals surface area contributed by atoms with Gasteiger partial charge in [0, 0.05) is 13.2 Å². The van der Waals surface area contributed by atoms with Gasteiger partial charge >= 0.3 is 0 Å². The van der Waals surface area contributed by atoms with Crippen LogP contribution in [0, 0.1) is 5.82 Å². The highest BCUT2D eigenvalue weighted by molar-refractivity contribution is 6.30. The van der Waals surface area contributed by atoms with Crippen LogP contribution in [0.3, 0.4) is 0 Å². The summed E-state index contributed by atoms with van der Waals surface area (Å²) >= 11 is 5.69. The van der Waals surface area contributed by atoms with Gasteiger partial charge in [0.15, 0.2) is 0 Å². The Hall–Kier alpha value is -0.640. The van der Waals surface area contributed by atoms with Crippen molar-refractivity contribution < 1.29 is 9.13 Å². The molecule has 0 aromatic heterocycles. The Morgan fingerprint density at radius 2 is 2.11 bits per heavy atom. The third kappa shape index (κ3) is 4.23. The first-order chi connectivity index (χ1) is 8.39. The van der Waals surface area contributed by atoms with Gasteiger partial charge in [0.1, 0.15) is 5.82 Å². The number of methoxy groups -OCH3 is 1. The summed E-state index contributed by atoms with van der Waals surface area (Å²) in [5.74, 6) is -0.375. The van der Waals surface area contributed by atoms with Crippen LogP contribution in [0.5, 0.6) is 0 Å². The largest absolute Gasteiger partial charge is 0.379 e. The van der Waals surface area contributed by atoms with Crippen LogP contribution in [0.2, 0.25) is 5.02 Å². The van der Waals surface area contributed by atoms with E-state index in [-0.39, 0.29) is 22.5 Å². The van der Waals surface area contributed by atoms with E-state index in [1.807, 2.05) is 27.0 Å². The molecule has 18 heavy (non-hydrogen) atoms. The number of benzene rings is 1. The Morgan fingerprint density at radius 3 is 2.61 bits per heavy atom. The molecule has 0 saturated heterocycles. The molecule has 0 amide bonds. The van der Waals surface area contributed by atoms with Crippen LogP contribution in [-0.4, -0.2) is 19.8 Å². The standard InChI is InChI=1S/C14H21ClFNO/c1-14(2,18-4)8-7-13(17-3)10-5-6-11(15)12(16)9-10/h5-6,9,13,17H,7-8H2,1-4H3. The van der Waals surface area contributed by atoms with Crippen LogP contribution in [0.15, 0.2) is 18.2 Å². The van der Waals surface area contributed by atoms with Gasteiger partial charge in [0.2, 0.25) is 0 Å². The third-order valence-electron chi connectivity index (χ3n) is 3.28. The summed E-state index contributed by atoms with van der Waals surface area (Å²) < 4.78 is 18.8. The zero-order chi connectivity index (χ0) is 13.8. The molecule has 1 rings (SSSR count). The molecule has 2 nitrogen and oxygen atoms in total. The van der Waals surface area contributed by atoms with E-state index in [0.717, 1.165) is 18.4 Å². The number of nitrogens with one attached hydrogen (secondary N) is 1. The topological polar surface area (TPSA) is 21.3 Å². The van der Waals surface area contributed by atoms with Gasteiger partial charge < -0.3 is 10.1 Å². The molecule has 0 heterocycles. The minimum Gasteiger partial charge on any atom is -0.379 e. The normalized spacial score (nSPS) is 13.7. The first-order valence-corrected chi connectivity index (χ1v) is 6.45. The Kier molecular flexibility index (Phi) is 5.57. The molecule has 0 bridgehead atoms. The molecule has 102 valence electrons. The molecule has 0 aliphatic carbocycles. The van der Waals surface area contributed by atoms with Gasteiger partial charge in [-0.05, 0) is 51.4 Å². The summed E-state index contributed by atoms with van der Waals surface area (Å²) in [5, 5.41) is 3.35. The first kappa shape index (κ1) is 15.4. The molecule has 0 fully saturated rings. The molecule has 1 aromatic carbocycles. The zero-order valence-electron chi connectivity index (χ0n) is 11.4. The highest BCUT2D eigenvalue weighted by Crippen LogP contribution is 2.26. The fourth-order valence-electron chi connectivity index (χ4n) is 1.80. The second kappa shape index (κ2) is 6.50. The van der Waals surface area contributed by atoms with Gasteiger partial charge in [-0.3, -0.25) is 0 Å². The predicted octanol–water partition coefficient (Wildman–Crippen LogP) is 3.94. The van der Waals surface area contributed by atoms with E-state index in [1.165, 1.54) is 6.07 Å². The fourth-order valence-corrected chi connectivity index (χ4v) is 1.92. The summed E-state index contributed by atoms with van der Waals surface area (Å²) in [5.41, 5.74) is 0.742. The van der Waals surface area contributed by atoms with Crippen molar-refractivity contribution in [3.8, 4) is 0 Å². The van der Waals surface area contributed by atoms with Crippen molar-refractivity contribution in [2.45, 2.75) is 38.3 Å². The molecule has 1 atom stereocenters. The molecule has 0 aliphatic rings. The van der Waals surface area contributed by atoms with Crippen LogP contribution in [0.4, 0.5) is 4.39 Å². The second-order valence-electron chi connectivity index (χ2n) is 5.02. The van der Waals surface area contributed by atoms with E-state index >= 15 is 0 Å². The third-order valence-corrected chi connectivity index (χ3v) is 3.59. The molecule has 0 spiro atoms. The SMILES string of the molecule is CNC(CCC(C)(C)OC)c1ccc(Cl)c(F)c1. The first-order valence-electron chi connectivity index (χ1n) is 6.07. The number of hydrogen-bond donors (Lipinski definition) is 1. The maximum atomic E-state index is 13.4. The number of hydrogen-bond acceptors (Lipinski definition) is 2. The van der Waals surface area contributed by atoms with Crippen molar-refractivity contribution in [2.24, 2.45) is 0 Å². The molecule has 1 N–H and O–H groups in total. The molecule has 0 aliphatic heterocycles. The molecular formula is C14H21ClFNO. The van der Waals surface area contributed by atoms with Gasteiger partial charge in [-0.25, -0.2) is 4.39 Å². The Labute approximate surface area is 113 Å². The highest BCUT2D eigenvalue weighted by Gasteiger charge is 2.20. The van der Waals surface area contributed by atoms with E-state index in [4.69, 9.17) is 16.3 Å². The smallest absolute Gasteiger partial charge is 0.142 e. The maximum absolute atomic E-state index is 13.4. The van der Waals surface area contributed by atoms with Crippen LogP contribution < -0.4 is 5.32 Å². The summed E-state index contributed by atoms with van der Waals surface area (Å²) in [6.45, 7) is 4.09. The number of rotatable bonds is 6. The van der Waals surface area contributed by atoms with Crippen molar-refractivity contribution in [3.05, 3.63) is 34.6 Å². The molecule has 4 heteroatoms. The van der Waals surface area contributed by atoms with Crippen LogP contribution in [0.25, 0.3) is 0 Å². The van der Waals surface area contributed by atoms with Crippen molar-refractivity contribution in [3.63, 3.8) is 0 Å². The van der Waals surface area contributed by atoms with Gasteiger partial charge in [-0.15, -0.1) is 0 Å². The molecular weight excluding hydrogens is 253 g/mol. The van der Waals surface area contributed by atoms with Crippen molar-refractivity contribution >= 4 is 11.6 Å². The fraction of sp³-hybridized carbons (Fsp3) is 0.571. The predicted molar refractivity (Wildman–Crippen MR) is 73.5 cm³/mol. The van der Waals surface area contributed by atoms with E-state index < -0.39 is 0 Å². The van der Waals surface area contributed by atoms with E-state index in [9.17, 15) is 4.39 Å². The van der Waals surface area contributed by atoms with Gasteiger partial charge in [-0.1, -0.05) is 17.7 Å². The average Bonchev–Trinajstić information content (AvgIpc) is 2.34. The van der Waals surface area contributed by atoms with Gasteiger partial charge in [0.05, 0.1) is 10.6 Å². The quantitative estimate of drug-likeness (QED) is 0.847. The van der Waals surface area contributed by atoms with Crippen LogP contribution in [0.1, 0.15) is 38.3 Å². The van der Waals surface area contributed by atoms with Gasteiger partial charge in [0.25, 0.3) is 0 Å². The van der Waals surface area contributed by atoms with Crippen LogP contribution in [-0.2, 0) is 4.74 Å². The lowest BCUT2D eigenvalue weighted by Crippen LogP contribution is -2.26. The average molecular weight is 274 g/mol. The summed E-state index contributed by atoms with van der Waals surface area (Å²) in [7, 11) is 3.58. The molecule has 0 radical (unpaired) electrons. The number of ether oxygens (including phenoxy) is 1. The zero-order valence-corrected chi connectivity index (χ0v) is 12.1. The minimum absolute atomic E-state index is 0.103. The Balaban J connectivity index is 2.74.